The van der Waals surface area contributed by atoms with E-state index in [1.807, 2.05) is 24.3 Å². The van der Waals surface area contributed by atoms with Gasteiger partial charge in [0.25, 0.3) is 0 Å². The summed E-state index contributed by atoms with van der Waals surface area (Å²) in [6.45, 7) is 2.56. The Balaban J connectivity index is 1.38. The molecule has 2 aromatic carbocycles. The minimum Gasteiger partial charge on any atom is -0.618 e. The number of ether oxygens (including phenoxy) is 1. The van der Waals surface area contributed by atoms with Crippen molar-refractivity contribution in [1.29, 1.82) is 0 Å². The number of carbonyl (C=O) groups excluding carboxylic acids is 1. The van der Waals surface area contributed by atoms with Crippen molar-refractivity contribution in [2.75, 3.05) is 13.3 Å². The predicted molar refractivity (Wildman–Crippen MR) is 137 cm³/mol. The van der Waals surface area contributed by atoms with Crippen LogP contribution in [0.25, 0.3) is 11.4 Å². The van der Waals surface area contributed by atoms with Gasteiger partial charge in [-0.3, -0.25) is 4.79 Å². The van der Waals surface area contributed by atoms with E-state index in [0.29, 0.717) is 28.3 Å². The molecule has 0 aliphatic carbocycles. The maximum absolute atomic E-state index is 14.5. The van der Waals surface area contributed by atoms with Gasteiger partial charge in [-0.2, -0.15) is 10.2 Å². The van der Waals surface area contributed by atoms with Crippen LogP contribution in [-0.4, -0.2) is 51.7 Å². The number of aliphatic imine (C=N–C) groups is 1. The maximum atomic E-state index is 14.5. The van der Waals surface area contributed by atoms with Crippen LogP contribution in [0.2, 0.25) is 0 Å². The van der Waals surface area contributed by atoms with Gasteiger partial charge >= 0.3 is 5.97 Å². The molecular weight excluding hydrogens is 458 g/mol. The molecule has 0 radical (unpaired) electrons. The second-order valence-corrected chi connectivity index (χ2v) is 9.37. The third-order valence-corrected chi connectivity index (χ3v) is 7.02. The third-order valence-electron chi connectivity index (χ3n) is 7.02. The molecule has 2 aliphatic rings. The zero-order valence-corrected chi connectivity index (χ0v) is 20.4. The molecular formula is C26H31N7O3. The largest absolute Gasteiger partial charge is 0.618 e. The number of amidine groups is 1. The van der Waals surface area contributed by atoms with E-state index >= 15 is 0 Å². The van der Waals surface area contributed by atoms with Crippen molar-refractivity contribution in [3.63, 3.8) is 0 Å². The first-order valence-electron chi connectivity index (χ1n) is 12.6. The predicted octanol–water partition coefficient (Wildman–Crippen LogP) is 4.21. The van der Waals surface area contributed by atoms with E-state index in [1.165, 1.54) is 19.3 Å². The molecule has 5 rings (SSSR count). The molecule has 2 aliphatic heterocycles. The van der Waals surface area contributed by atoms with Crippen molar-refractivity contribution in [3.8, 4) is 11.4 Å². The number of carbonyl (C=O) groups is 1. The molecule has 2 N–H and O–H groups in total. The van der Waals surface area contributed by atoms with Crippen molar-refractivity contribution in [2.45, 2.75) is 51.5 Å². The van der Waals surface area contributed by atoms with Crippen LogP contribution in [0.15, 0.2) is 53.5 Å². The van der Waals surface area contributed by atoms with Crippen LogP contribution in [0.1, 0.15) is 51.0 Å². The molecule has 0 saturated carbocycles. The zero-order valence-electron chi connectivity index (χ0n) is 20.4. The van der Waals surface area contributed by atoms with Crippen molar-refractivity contribution in [3.05, 3.63) is 59.3 Å². The number of nitrogens with one attached hydrogen (secondary N) is 2. The molecule has 0 bridgehead atoms. The van der Waals surface area contributed by atoms with Gasteiger partial charge in [-0.1, -0.05) is 62.9 Å². The van der Waals surface area contributed by atoms with Gasteiger partial charge in [0.1, 0.15) is 11.7 Å². The van der Waals surface area contributed by atoms with E-state index in [1.54, 1.807) is 24.3 Å². The van der Waals surface area contributed by atoms with Gasteiger partial charge in [-0.05, 0) is 42.7 Å². The number of hydroxylamine groups is 2. The van der Waals surface area contributed by atoms with Crippen LogP contribution in [-0.2, 0) is 9.53 Å². The number of quaternary nitrogens is 1. The highest BCUT2D eigenvalue weighted by atomic mass is 16.6. The highest BCUT2D eigenvalue weighted by molar-refractivity contribution is 6.15. The lowest BCUT2D eigenvalue weighted by molar-refractivity contribution is -0.149. The second-order valence-electron chi connectivity index (χ2n) is 9.37. The Kier molecular flexibility index (Phi) is 7.17. The number of esters is 1. The van der Waals surface area contributed by atoms with Crippen LogP contribution in [0.3, 0.4) is 0 Å². The average molecular weight is 490 g/mol. The molecule has 2 unspecified atom stereocenters. The first-order valence-corrected chi connectivity index (χ1v) is 12.6. The van der Waals surface area contributed by atoms with E-state index in [0.717, 1.165) is 25.8 Å². The zero-order chi connectivity index (χ0) is 25.0. The lowest BCUT2D eigenvalue weighted by Gasteiger charge is -2.38. The fourth-order valence-electron chi connectivity index (χ4n) is 5.13. The van der Waals surface area contributed by atoms with Crippen molar-refractivity contribution in [1.82, 2.24) is 30.6 Å². The number of aromatic amines is 1. The first-order chi connectivity index (χ1) is 17.6. The molecule has 1 fully saturated rings. The van der Waals surface area contributed by atoms with E-state index < -0.39 is 11.4 Å². The second kappa shape index (κ2) is 10.7. The lowest BCUT2D eigenvalue weighted by atomic mass is 9.94. The van der Waals surface area contributed by atoms with Gasteiger partial charge in [0, 0.05) is 11.6 Å². The molecule has 3 aromatic rings. The van der Waals surface area contributed by atoms with Gasteiger partial charge < -0.3 is 15.3 Å². The Hall–Kier alpha value is -3.47. The Bertz CT molecular complexity index is 1230. The molecule has 3 atom stereocenters. The van der Waals surface area contributed by atoms with Gasteiger partial charge in [0.2, 0.25) is 18.4 Å². The van der Waals surface area contributed by atoms with E-state index in [-0.39, 0.29) is 23.8 Å². The topological polar surface area (TPSA) is 128 Å². The van der Waals surface area contributed by atoms with Gasteiger partial charge in [0.05, 0.1) is 5.56 Å². The van der Waals surface area contributed by atoms with Crippen molar-refractivity contribution < 1.29 is 9.53 Å². The summed E-state index contributed by atoms with van der Waals surface area (Å²) in [5.74, 6) is 0.428. The molecule has 10 heteroatoms. The normalized spacial score (nSPS) is 22.9. The van der Waals surface area contributed by atoms with Crippen molar-refractivity contribution in [2.24, 2.45) is 10.9 Å². The van der Waals surface area contributed by atoms with Gasteiger partial charge in [-0.25, -0.2) is 4.65 Å². The number of fused-ring (bicyclic) bond motifs is 1. The summed E-state index contributed by atoms with van der Waals surface area (Å²) in [6, 6.07) is 14.0. The van der Waals surface area contributed by atoms with Gasteiger partial charge in [-0.15, -0.1) is 10.2 Å². The van der Waals surface area contributed by atoms with Crippen molar-refractivity contribution >= 4 is 23.2 Å². The fraction of sp³-hybridized carbons (Fsp3) is 0.423. The summed E-state index contributed by atoms with van der Waals surface area (Å²) < 4.78 is 4.73. The van der Waals surface area contributed by atoms with E-state index in [2.05, 4.69) is 37.9 Å². The van der Waals surface area contributed by atoms with Crippen LogP contribution in [0.4, 0.5) is 11.4 Å². The van der Waals surface area contributed by atoms with Crippen LogP contribution < -0.4 is 9.96 Å². The first kappa shape index (κ1) is 24.2. The number of aromatic nitrogens is 4. The molecule has 3 heterocycles. The number of benzene rings is 2. The Morgan fingerprint density at radius 1 is 1.11 bits per heavy atom. The maximum Gasteiger partial charge on any atom is 0.327 e. The Morgan fingerprint density at radius 3 is 2.72 bits per heavy atom. The molecule has 10 nitrogen and oxygen atoms in total. The molecule has 1 saturated heterocycles. The summed E-state index contributed by atoms with van der Waals surface area (Å²) in [4.78, 5) is 17.8. The molecule has 0 amide bonds. The Labute approximate surface area is 209 Å². The number of para-hydroxylation sites is 2. The smallest absolute Gasteiger partial charge is 0.327 e. The summed E-state index contributed by atoms with van der Waals surface area (Å²) in [7, 11) is 0. The standard InChI is InChI=1S/C26H31N7O3/c1-2-3-4-5-10-18-15-16-27-23(18)26(34)36-17-33(35)22-14-9-8-13-21(22)28-25(33)20-12-7-6-11-19(20)24-29-31-32-30-24/h6-9,11-14,18,23,27H,2-5,10,15-17H2,1H3,(H,29,30,31,32)/t18?,23-,33?/m0/s1. The number of rotatable bonds is 10. The number of H-pyrrole nitrogens is 1. The molecule has 36 heavy (non-hydrogen) atoms. The van der Waals surface area contributed by atoms with Gasteiger partial charge in [0.15, 0.2) is 5.69 Å². The molecule has 188 valence electrons. The number of tetrazole rings is 1. The summed E-state index contributed by atoms with van der Waals surface area (Å²) >= 11 is 0. The lowest BCUT2D eigenvalue weighted by Crippen LogP contribution is -2.51. The number of unbranched alkanes of at least 4 members (excludes halogenated alkanes) is 3. The quantitative estimate of drug-likeness (QED) is 0.189. The molecule has 1 aromatic heterocycles. The Morgan fingerprint density at radius 2 is 1.92 bits per heavy atom. The third kappa shape index (κ3) is 4.67. The van der Waals surface area contributed by atoms with Crippen LogP contribution >= 0.6 is 0 Å². The number of hydrogen-bond donors (Lipinski definition) is 2. The van der Waals surface area contributed by atoms with Crippen LogP contribution in [0, 0.1) is 11.1 Å². The summed E-state index contributed by atoms with van der Waals surface area (Å²) in [6.07, 6.45) is 6.58. The highest BCUT2D eigenvalue weighted by Crippen LogP contribution is 2.42. The van der Waals surface area contributed by atoms with E-state index in [9.17, 15) is 10.0 Å². The van der Waals surface area contributed by atoms with E-state index in [4.69, 9.17) is 4.74 Å². The average Bonchev–Trinajstić information content (AvgIpc) is 3.66. The minimum absolute atomic E-state index is 0.222. The SMILES string of the molecule is CCCCCCC1CCN[C@@H]1C(=O)OC[N+]1([O-])C(c2ccccc2-c2nn[nH]n2)=Nc2ccccc21. The monoisotopic (exact) mass is 489 g/mol. The highest BCUT2D eigenvalue weighted by Gasteiger charge is 2.41. The minimum atomic E-state index is -1.01. The van der Waals surface area contributed by atoms with Crippen LogP contribution in [0.5, 0.6) is 0 Å². The summed E-state index contributed by atoms with van der Waals surface area (Å²) in [5.41, 5.74) is 2.16. The number of nitrogens with zero attached hydrogens (tertiary/aromatic N) is 5. The fourth-order valence-corrected chi connectivity index (χ4v) is 5.13. The summed E-state index contributed by atoms with van der Waals surface area (Å²) in [5, 5.41) is 32.0. The number of hydrogen-bond acceptors (Lipinski definition) is 8. The molecule has 0 spiro atoms.